The fraction of sp³-hybridized carbons (Fsp3) is 0.952. The van der Waals surface area contributed by atoms with E-state index in [0.29, 0.717) is 66.6 Å². The van der Waals surface area contributed by atoms with Gasteiger partial charge in [-0.05, 0) is 158 Å². The highest BCUT2D eigenvalue weighted by Gasteiger charge is 2.36. The topological polar surface area (TPSA) is 109 Å². The summed E-state index contributed by atoms with van der Waals surface area (Å²) >= 11 is 2.45. The monoisotopic (exact) mass is 933 g/mol. The normalized spacial score (nSPS) is 15.0. The van der Waals surface area contributed by atoms with Crippen molar-refractivity contribution in [1.82, 2.24) is 28.5 Å². The second-order valence-electron chi connectivity index (χ2n) is 17.7. The van der Waals surface area contributed by atoms with Crippen molar-refractivity contribution in [2.24, 2.45) is 5.92 Å². The third-order valence-electron chi connectivity index (χ3n) is 9.26. The molecule has 0 atom stereocenters. The molecule has 1 fully saturated rings. The molecule has 0 aromatic rings. The largest absolute Gasteiger partial charge is 0.344 e. The van der Waals surface area contributed by atoms with Crippen molar-refractivity contribution >= 4 is 50.7 Å². The van der Waals surface area contributed by atoms with Gasteiger partial charge in [-0.3, -0.25) is 9.59 Å². The van der Waals surface area contributed by atoms with Gasteiger partial charge in [0.2, 0.25) is 0 Å². The Labute approximate surface area is 379 Å². The number of piperidine rings is 1. The molecule has 14 nitrogen and oxygen atoms in total. The SMILES string of the molecule is CC(C)N(C(C)C)P(OCOCOCSC(=O)C1CCN(C)CC1)N(C(C)C)C(C)C.CC(C)N(C(C)C)P(OCOCOCSC(=O)CCN(C)C)N(C(C)C)C(C)C. The van der Waals surface area contributed by atoms with E-state index < -0.39 is 16.9 Å². The van der Waals surface area contributed by atoms with E-state index in [1.54, 1.807) is 0 Å². The van der Waals surface area contributed by atoms with Crippen LogP contribution >= 0.6 is 40.4 Å². The van der Waals surface area contributed by atoms with E-state index in [1.807, 2.05) is 19.0 Å². The van der Waals surface area contributed by atoms with Crippen LogP contribution in [-0.4, -0.2) is 167 Å². The van der Waals surface area contributed by atoms with Crippen molar-refractivity contribution in [2.45, 2.75) is 178 Å². The molecule has 0 saturated carbocycles. The molecule has 0 aromatic carbocycles. The molecule has 0 aromatic heterocycles. The van der Waals surface area contributed by atoms with Crippen LogP contribution in [0.4, 0.5) is 0 Å². The Hall–Kier alpha value is 0.420. The van der Waals surface area contributed by atoms with Crippen LogP contribution in [0.5, 0.6) is 0 Å². The first kappa shape index (κ1) is 60.4. The van der Waals surface area contributed by atoms with Crippen molar-refractivity contribution < 1.29 is 37.6 Å². The average molecular weight is 933 g/mol. The van der Waals surface area contributed by atoms with Crippen LogP contribution in [0.1, 0.15) is 130 Å². The molecule has 1 aliphatic heterocycles. The zero-order valence-electron chi connectivity index (χ0n) is 41.3. The van der Waals surface area contributed by atoms with Crippen molar-refractivity contribution in [3.8, 4) is 0 Å². The molecule has 0 aliphatic carbocycles. The second-order valence-corrected chi connectivity index (χ2v) is 22.9. The van der Waals surface area contributed by atoms with Gasteiger partial charge in [-0.2, -0.15) is 0 Å². The zero-order valence-corrected chi connectivity index (χ0v) is 44.8. The highest BCUT2D eigenvalue weighted by molar-refractivity contribution is 8.13. The lowest BCUT2D eigenvalue weighted by Crippen LogP contribution is -2.43. The Bertz CT molecular complexity index is 1040. The number of ether oxygens (including phenoxy) is 4. The van der Waals surface area contributed by atoms with Gasteiger partial charge in [0.05, 0.1) is 0 Å². The molecule has 358 valence electrons. The first-order valence-electron chi connectivity index (χ1n) is 22.0. The first-order chi connectivity index (χ1) is 28.0. The van der Waals surface area contributed by atoms with Gasteiger partial charge in [0.15, 0.2) is 54.3 Å². The van der Waals surface area contributed by atoms with E-state index in [-0.39, 0.29) is 43.3 Å². The number of hydrogen-bond donors (Lipinski definition) is 0. The smallest absolute Gasteiger partial charge is 0.194 e. The maximum Gasteiger partial charge on any atom is 0.194 e. The molecule has 0 N–H and O–H groups in total. The lowest BCUT2D eigenvalue weighted by Gasteiger charge is -2.45. The summed E-state index contributed by atoms with van der Waals surface area (Å²) in [7, 11) is 4.07. The Balaban J connectivity index is 0.00000116. The van der Waals surface area contributed by atoms with Crippen molar-refractivity contribution in [3.63, 3.8) is 0 Å². The molecular weight excluding hydrogens is 843 g/mol. The maximum atomic E-state index is 12.3. The summed E-state index contributed by atoms with van der Waals surface area (Å²) in [5.41, 5.74) is 0. The minimum Gasteiger partial charge on any atom is -0.344 e. The lowest BCUT2D eigenvalue weighted by molar-refractivity contribution is -0.116. The summed E-state index contributed by atoms with van der Waals surface area (Å²) in [5.74, 6) is 0.789. The van der Waals surface area contributed by atoms with Gasteiger partial charge in [-0.15, -0.1) is 0 Å². The predicted octanol–water partition coefficient (Wildman–Crippen LogP) is 9.56. The van der Waals surface area contributed by atoms with E-state index in [9.17, 15) is 9.59 Å². The molecular formula is C42H90N6O8P2S2. The quantitative estimate of drug-likeness (QED) is 0.0387. The van der Waals surface area contributed by atoms with Crippen LogP contribution in [-0.2, 0) is 37.6 Å². The van der Waals surface area contributed by atoms with E-state index in [2.05, 4.69) is 141 Å². The highest BCUT2D eigenvalue weighted by Crippen LogP contribution is 2.51. The molecule has 0 unspecified atom stereocenters. The second kappa shape index (κ2) is 33.8. The van der Waals surface area contributed by atoms with E-state index in [0.717, 1.165) is 32.5 Å². The van der Waals surface area contributed by atoms with Crippen molar-refractivity contribution in [2.75, 3.05) is 79.8 Å². The summed E-state index contributed by atoms with van der Waals surface area (Å²) in [5, 5.41) is 0.370. The lowest BCUT2D eigenvalue weighted by atomic mass is 9.99. The molecule has 0 amide bonds. The Morgan fingerprint density at radius 1 is 0.550 bits per heavy atom. The van der Waals surface area contributed by atoms with Crippen LogP contribution in [0.15, 0.2) is 0 Å². The van der Waals surface area contributed by atoms with Crippen LogP contribution in [0.3, 0.4) is 0 Å². The third kappa shape index (κ3) is 25.2. The highest BCUT2D eigenvalue weighted by atomic mass is 32.2. The van der Waals surface area contributed by atoms with Crippen LogP contribution in [0.2, 0.25) is 0 Å². The van der Waals surface area contributed by atoms with E-state index in [4.69, 9.17) is 28.0 Å². The van der Waals surface area contributed by atoms with Crippen LogP contribution in [0.25, 0.3) is 0 Å². The van der Waals surface area contributed by atoms with E-state index >= 15 is 0 Å². The van der Waals surface area contributed by atoms with Gasteiger partial charge in [-0.1, -0.05) is 23.5 Å². The number of likely N-dealkylation sites (tertiary alicyclic amines) is 1. The number of nitrogens with zero attached hydrogens (tertiary/aromatic N) is 6. The molecule has 0 radical (unpaired) electrons. The van der Waals surface area contributed by atoms with Crippen LogP contribution < -0.4 is 0 Å². The molecule has 1 saturated heterocycles. The van der Waals surface area contributed by atoms with Crippen molar-refractivity contribution in [1.29, 1.82) is 0 Å². The standard InChI is InChI=1S/C22H46N3O4PS.C20H44N3O4PS/c1-17(2)24(18(3)4)30(25(19(5)6)20(7)8)29-15-27-14-28-16-31-22(26)21-10-12-23(9)13-11-21;1-16(2)22(17(3)4)28(23(18(5)6)19(7)8)27-14-25-13-26-15-29-20(24)11-12-21(9)10/h17-21H,10-16H2,1-9H3;16-19H,11-15H2,1-10H3. The number of carbonyl (C=O) groups is 2. The summed E-state index contributed by atoms with van der Waals surface area (Å²) in [6.07, 6.45) is 2.41. The van der Waals surface area contributed by atoms with Crippen molar-refractivity contribution in [3.05, 3.63) is 0 Å². The predicted molar refractivity (Wildman–Crippen MR) is 257 cm³/mol. The summed E-state index contributed by atoms with van der Waals surface area (Å²) in [6.45, 7) is 38.6. The summed E-state index contributed by atoms with van der Waals surface area (Å²) in [6, 6.07) is 2.91. The van der Waals surface area contributed by atoms with Crippen LogP contribution in [0, 0.1) is 5.92 Å². The van der Waals surface area contributed by atoms with Gasteiger partial charge in [0, 0.05) is 67.2 Å². The molecule has 1 heterocycles. The van der Waals surface area contributed by atoms with E-state index in [1.165, 1.54) is 23.5 Å². The van der Waals surface area contributed by atoms with Gasteiger partial charge in [0.1, 0.15) is 11.9 Å². The van der Waals surface area contributed by atoms with Gasteiger partial charge in [0.25, 0.3) is 0 Å². The Morgan fingerprint density at radius 3 is 1.20 bits per heavy atom. The number of hydrogen-bond acceptors (Lipinski definition) is 16. The molecule has 0 bridgehead atoms. The minimum absolute atomic E-state index is 0.115. The number of carbonyl (C=O) groups excluding carboxylic acids is 2. The maximum absolute atomic E-state index is 12.3. The summed E-state index contributed by atoms with van der Waals surface area (Å²) in [4.78, 5) is 28.3. The van der Waals surface area contributed by atoms with Gasteiger partial charge < -0.3 is 37.8 Å². The number of thioether (sulfide) groups is 2. The molecule has 0 spiro atoms. The molecule has 1 rings (SSSR count). The minimum atomic E-state index is -0.970. The first-order valence-corrected chi connectivity index (χ1v) is 26.3. The van der Waals surface area contributed by atoms with Gasteiger partial charge >= 0.3 is 0 Å². The fourth-order valence-corrected chi connectivity index (χ4v) is 12.6. The zero-order chi connectivity index (χ0) is 46.1. The van der Waals surface area contributed by atoms with Gasteiger partial charge in [-0.25, -0.2) is 18.7 Å². The summed E-state index contributed by atoms with van der Waals surface area (Å²) < 4.78 is 44.3. The molecule has 1 aliphatic rings. The Kier molecular flexibility index (Phi) is 34.1. The fourth-order valence-electron chi connectivity index (χ4n) is 6.85. The Morgan fingerprint density at radius 2 is 0.883 bits per heavy atom. The molecule has 18 heteroatoms. The molecule has 60 heavy (non-hydrogen) atoms. The average Bonchev–Trinajstić information content (AvgIpc) is 3.12. The number of rotatable bonds is 30. The third-order valence-corrected chi connectivity index (χ3v) is 16.9.